The summed E-state index contributed by atoms with van der Waals surface area (Å²) in [6.45, 7) is 0. The van der Waals surface area contributed by atoms with Crippen molar-refractivity contribution in [2.75, 3.05) is 4.90 Å². The summed E-state index contributed by atoms with van der Waals surface area (Å²) in [7, 11) is 0. The van der Waals surface area contributed by atoms with Crippen molar-refractivity contribution in [3.8, 4) is 22.3 Å². The monoisotopic (exact) mass is 499 g/mol. The molecule has 0 unspecified atom stereocenters. The molecular formula is C36H25N3. The molecule has 39 heavy (non-hydrogen) atoms. The van der Waals surface area contributed by atoms with Gasteiger partial charge in [0.1, 0.15) is 11.6 Å². The summed E-state index contributed by atoms with van der Waals surface area (Å²) in [4.78, 5) is 12.2. The van der Waals surface area contributed by atoms with E-state index in [9.17, 15) is 0 Å². The minimum absolute atomic E-state index is 0.834. The third kappa shape index (κ3) is 4.11. The number of anilines is 3. The molecule has 0 saturated heterocycles. The highest BCUT2D eigenvalue weighted by atomic mass is 15.2. The first-order chi connectivity index (χ1) is 19.4. The predicted molar refractivity (Wildman–Crippen MR) is 163 cm³/mol. The molecule has 0 amide bonds. The number of hydrogen-bond acceptors (Lipinski definition) is 3. The summed E-state index contributed by atoms with van der Waals surface area (Å²) in [5, 5.41) is 4.78. The normalized spacial score (nSPS) is 11.1. The van der Waals surface area contributed by atoms with Crippen LogP contribution in [0.4, 0.5) is 17.3 Å². The zero-order valence-electron chi connectivity index (χ0n) is 21.3. The van der Waals surface area contributed by atoms with Crippen LogP contribution in [0.3, 0.4) is 0 Å². The molecule has 3 nitrogen and oxygen atoms in total. The van der Waals surface area contributed by atoms with Crippen LogP contribution in [0, 0.1) is 0 Å². The molecule has 0 aliphatic rings. The van der Waals surface area contributed by atoms with Gasteiger partial charge < -0.3 is 0 Å². The molecule has 3 heteroatoms. The van der Waals surface area contributed by atoms with Crippen LogP contribution in [-0.2, 0) is 0 Å². The molecule has 0 N–H and O–H groups in total. The Labute approximate surface area is 227 Å². The molecule has 7 aromatic rings. The van der Waals surface area contributed by atoms with E-state index in [2.05, 4.69) is 126 Å². The van der Waals surface area contributed by atoms with Crippen LogP contribution in [0.5, 0.6) is 0 Å². The third-order valence-electron chi connectivity index (χ3n) is 7.17. The zero-order valence-corrected chi connectivity index (χ0v) is 21.3. The van der Waals surface area contributed by atoms with E-state index in [-0.39, 0.29) is 0 Å². The summed E-state index contributed by atoms with van der Waals surface area (Å²) in [6, 6.07) is 48.6. The lowest BCUT2D eigenvalue weighted by atomic mass is 9.97. The first-order valence-electron chi connectivity index (χ1n) is 13.1. The highest BCUT2D eigenvalue weighted by Gasteiger charge is 2.23. The summed E-state index contributed by atoms with van der Waals surface area (Å²) in [5.41, 5.74) is 5.37. The van der Waals surface area contributed by atoms with Crippen molar-refractivity contribution in [2.24, 2.45) is 0 Å². The number of rotatable bonds is 5. The van der Waals surface area contributed by atoms with Gasteiger partial charge in [-0.15, -0.1) is 0 Å². The van der Waals surface area contributed by atoms with E-state index in [1.54, 1.807) is 0 Å². The molecule has 7 rings (SSSR count). The maximum Gasteiger partial charge on any atom is 0.146 e. The summed E-state index contributed by atoms with van der Waals surface area (Å²) in [6.07, 6.45) is 3.72. The Morgan fingerprint density at radius 2 is 0.795 bits per heavy atom. The van der Waals surface area contributed by atoms with Gasteiger partial charge in [-0.05, 0) is 69.1 Å². The predicted octanol–water partition coefficient (Wildman–Crippen LogP) is 9.59. The van der Waals surface area contributed by atoms with E-state index in [0.29, 0.717) is 0 Å². The second-order valence-corrected chi connectivity index (χ2v) is 9.47. The fourth-order valence-corrected chi connectivity index (χ4v) is 5.41. The van der Waals surface area contributed by atoms with Crippen LogP contribution < -0.4 is 4.90 Å². The molecule has 5 aromatic carbocycles. The van der Waals surface area contributed by atoms with Crippen molar-refractivity contribution in [1.82, 2.24) is 9.97 Å². The minimum Gasteiger partial charge on any atom is -0.278 e. The van der Waals surface area contributed by atoms with Crippen LogP contribution in [0.2, 0.25) is 0 Å². The molecule has 0 bridgehead atoms. The Morgan fingerprint density at radius 1 is 0.359 bits per heavy atom. The number of aromatic nitrogens is 2. The van der Waals surface area contributed by atoms with Crippen molar-refractivity contribution < 1.29 is 0 Å². The maximum atomic E-state index is 5.00. The Morgan fingerprint density at radius 3 is 1.33 bits per heavy atom. The van der Waals surface area contributed by atoms with Crippen molar-refractivity contribution in [1.29, 1.82) is 0 Å². The molecule has 0 spiro atoms. The van der Waals surface area contributed by atoms with E-state index < -0.39 is 0 Å². The van der Waals surface area contributed by atoms with Gasteiger partial charge in [0.15, 0.2) is 0 Å². The zero-order chi connectivity index (χ0) is 26.0. The molecule has 0 aliphatic heterocycles. The van der Waals surface area contributed by atoms with E-state index in [4.69, 9.17) is 9.97 Å². The van der Waals surface area contributed by atoms with Gasteiger partial charge in [0.2, 0.25) is 0 Å². The van der Waals surface area contributed by atoms with Crippen LogP contribution in [-0.4, -0.2) is 9.97 Å². The van der Waals surface area contributed by atoms with Crippen molar-refractivity contribution in [2.45, 2.75) is 0 Å². The number of para-hydroxylation sites is 1. The van der Waals surface area contributed by atoms with Gasteiger partial charge in [0, 0.05) is 29.2 Å². The number of nitrogens with zero attached hydrogens (tertiary/aromatic N) is 3. The van der Waals surface area contributed by atoms with Gasteiger partial charge in [0.05, 0.1) is 0 Å². The van der Waals surface area contributed by atoms with Gasteiger partial charge in [-0.3, -0.25) is 4.90 Å². The Kier molecular flexibility index (Phi) is 5.80. The van der Waals surface area contributed by atoms with E-state index in [1.807, 2.05) is 30.6 Å². The van der Waals surface area contributed by atoms with Crippen LogP contribution in [0.1, 0.15) is 0 Å². The molecule has 0 saturated carbocycles. The van der Waals surface area contributed by atoms with Crippen molar-refractivity contribution in [3.05, 3.63) is 152 Å². The number of benzene rings is 5. The second-order valence-electron chi connectivity index (χ2n) is 9.47. The molecule has 2 aromatic heterocycles. The van der Waals surface area contributed by atoms with E-state index in [0.717, 1.165) is 39.6 Å². The fourth-order valence-electron chi connectivity index (χ4n) is 5.41. The second kappa shape index (κ2) is 9.88. The van der Waals surface area contributed by atoms with Gasteiger partial charge in [-0.1, -0.05) is 103 Å². The largest absolute Gasteiger partial charge is 0.278 e. The molecule has 2 heterocycles. The van der Waals surface area contributed by atoms with Gasteiger partial charge in [-0.25, -0.2) is 9.97 Å². The maximum absolute atomic E-state index is 5.00. The van der Waals surface area contributed by atoms with E-state index >= 15 is 0 Å². The SMILES string of the molecule is c1ccc(N(c2ncccc2-c2cccc3ccccc23)c2ncccc2-c2cccc3ccccc23)cc1. The highest BCUT2D eigenvalue weighted by Crippen LogP contribution is 2.44. The molecule has 0 atom stereocenters. The molecule has 0 radical (unpaired) electrons. The van der Waals surface area contributed by atoms with Crippen LogP contribution in [0.25, 0.3) is 43.8 Å². The number of hydrogen-bond donors (Lipinski definition) is 0. The topological polar surface area (TPSA) is 29.0 Å². The van der Waals surface area contributed by atoms with Gasteiger partial charge >= 0.3 is 0 Å². The molecule has 0 fully saturated rings. The lowest BCUT2D eigenvalue weighted by Crippen LogP contribution is -2.15. The van der Waals surface area contributed by atoms with Gasteiger partial charge in [-0.2, -0.15) is 0 Å². The highest BCUT2D eigenvalue weighted by molar-refractivity contribution is 6.03. The average molecular weight is 500 g/mol. The Balaban J connectivity index is 1.52. The van der Waals surface area contributed by atoms with Crippen molar-refractivity contribution in [3.63, 3.8) is 0 Å². The fraction of sp³-hybridized carbons (Fsp3) is 0. The average Bonchev–Trinajstić information content (AvgIpc) is 3.02. The molecule has 184 valence electrons. The van der Waals surface area contributed by atoms with Gasteiger partial charge in [0.25, 0.3) is 0 Å². The summed E-state index contributed by atoms with van der Waals surface area (Å²) < 4.78 is 0. The third-order valence-corrected chi connectivity index (χ3v) is 7.17. The number of fused-ring (bicyclic) bond motifs is 2. The quantitative estimate of drug-likeness (QED) is 0.236. The van der Waals surface area contributed by atoms with E-state index in [1.165, 1.54) is 21.5 Å². The molecular weight excluding hydrogens is 474 g/mol. The van der Waals surface area contributed by atoms with Crippen LogP contribution in [0.15, 0.2) is 152 Å². The lowest BCUT2D eigenvalue weighted by Gasteiger charge is -2.27. The lowest BCUT2D eigenvalue weighted by molar-refractivity contribution is 1.13. The summed E-state index contributed by atoms with van der Waals surface area (Å²) >= 11 is 0. The first kappa shape index (κ1) is 22.9. The smallest absolute Gasteiger partial charge is 0.146 e. The standard InChI is InChI=1S/C36H25N3/c1-2-16-28(17-3-1)39(35-33(22-10-24-37-35)31-20-8-14-26-12-4-6-18-29(26)31)36-34(23-11-25-38-36)32-21-9-15-27-13-5-7-19-30(27)32/h1-25H. The minimum atomic E-state index is 0.834. The number of pyridine rings is 2. The molecule has 0 aliphatic carbocycles. The Bertz CT molecular complexity index is 1790. The van der Waals surface area contributed by atoms with Crippen LogP contribution >= 0.6 is 0 Å². The van der Waals surface area contributed by atoms with Crippen molar-refractivity contribution >= 4 is 38.9 Å². The summed E-state index contributed by atoms with van der Waals surface area (Å²) in [5.74, 6) is 1.67. The Hall–Kier alpha value is -5.28. The first-order valence-corrected chi connectivity index (χ1v) is 13.1.